The molecule has 10 nitrogen and oxygen atoms in total. The topological polar surface area (TPSA) is 136 Å². The predicted octanol–water partition coefficient (Wildman–Crippen LogP) is 2.93. The number of fused-ring (bicyclic) bond motifs is 1. The molecule has 1 aliphatic heterocycles. The Bertz CT molecular complexity index is 1110. The summed E-state index contributed by atoms with van der Waals surface area (Å²) in [5.41, 5.74) is -0.532. The van der Waals surface area contributed by atoms with Crippen LogP contribution in [0.3, 0.4) is 0 Å². The van der Waals surface area contributed by atoms with Gasteiger partial charge in [-0.3, -0.25) is 29.4 Å². The molecule has 0 fully saturated rings. The summed E-state index contributed by atoms with van der Waals surface area (Å²) >= 11 is 0. The highest BCUT2D eigenvalue weighted by molar-refractivity contribution is 6.22. The molecular weight excluding hydrogens is 437 g/mol. The smallest absolute Gasteiger partial charge is 0.329 e. The lowest BCUT2D eigenvalue weighted by molar-refractivity contribution is -0.387. The van der Waals surface area contributed by atoms with Crippen molar-refractivity contribution in [3.05, 3.63) is 69.5 Å². The molecule has 3 amide bonds. The van der Waals surface area contributed by atoms with E-state index in [0.29, 0.717) is 0 Å². The molecular formula is C22H20FN3O7. The van der Waals surface area contributed by atoms with E-state index in [9.17, 15) is 33.7 Å². The third-order valence-electron chi connectivity index (χ3n) is 4.88. The number of halogens is 1. The second-order valence-electron chi connectivity index (χ2n) is 7.75. The minimum Gasteiger partial charge on any atom is -0.454 e. The van der Waals surface area contributed by atoms with E-state index in [2.05, 4.69) is 5.32 Å². The lowest BCUT2D eigenvalue weighted by atomic mass is 10.0. The lowest BCUT2D eigenvalue weighted by Crippen LogP contribution is -2.46. The number of imide groups is 1. The first-order valence-electron chi connectivity index (χ1n) is 9.97. The Morgan fingerprint density at radius 2 is 1.73 bits per heavy atom. The number of carbonyl (C=O) groups excluding carboxylic acids is 4. The number of anilines is 1. The molecule has 1 unspecified atom stereocenters. The zero-order valence-electron chi connectivity index (χ0n) is 17.7. The number of nitro groups is 1. The summed E-state index contributed by atoms with van der Waals surface area (Å²) in [6.07, 6.45) is 0.121. The van der Waals surface area contributed by atoms with Crippen molar-refractivity contribution >= 4 is 35.1 Å². The van der Waals surface area contributed by atoms with Crippen LogP contribution in [0.1, 0.15) is 41.0 Å². The maximum atomic E-state index is 13.4. The Balaban J connectivity index is 1.70. The van der Waals surface area contributed by atoms with Crippen molar-refractivity contribution in [3.8, 4) is 0 Å². The van der Waals surface area contributed by atoms with Crippen molar-refractivity contribution in [3.63, 3.8) is 0 Å². The zero-order chi connectivity index (χ0) is 24.3. The average molecular weight is 457 g/mol. The molecule has 0 radical (unpaired) electrons. The van der Waals surface area contributed by atoms with Gasteiger partial charge in [-0.1, -0.05) is 26.0 Å². The number of hydrogen-bond acceptors (Lipinski definition) is 7. The number of rotatable bonds is 8. The van der Waals surface area contributed by atoms with Crippen LogP contribution in [-0.4, -0.2) is 46.2 Å². The van der Waals surface area contributed by atoms with Gasteiger partial charge in [0.05, 0.1) is 16.1 Å². The number of carbonyl (C=O) groups is 4. The van der Waals surface area contributed by atoms with Crippen molar-refractivity contribution in [1.82, 2.24) is 4.90 Å². The summed E-state index contributed by atoms with van der Waals surface area (Å²) in [4.78, 5) is 61.2. The first-order valence-corrected chi connectivity index (χ1v) is 9.97. The minimum atomic E-state index is -1.24. The van der Waals surface area contributed by atoms with Gasteiger partial charge in [0, 0.05) is 11.8 Å². The molecule has 0 aliphatic carbocycles. The molecule has 1 N–H and O–H groups in total. The second kappa shape index (κ2) is 9.55. The van der Waals surface area contributed by atoms with E-state index in [1.165, 1.54) is 12.1 Å². The van der Waals surface area contributed by atoms with Gasteiger partial charge in [-0.05, 0) is 36.6 Å². The van der Waals surface area contributed by atoms with E-state index in [0.717, 1.165) is 23.1 Å². The summed E-state index contributed by atoms with van der Waals surface area (Å²) in [5, 5.41) is 13.1. The standard InChI is InChI=1S/C22H20FN3O7/c1-12(2)9-18(25-20(28)14-5-3-4-6-15(14)21(25)29)22(30)33-11-19(27)24-13-7-8-16(23)17(10-13)26(31)32/h3-8,10,12,18H,9,11H2,1-2H3,(H,24,27). The van der Waals surface area contributed by atoms with E-state index < -0.39 is 52.8 Å². The van der Waals surface area contributed by atoms with Crippen LogP contribution in [0.15, 0.2) is 42.5 Å². The quantitative estimate of drug-likeness (QED) is 0.279. The molecule has 172 valence electrons. The van der Waals surface area contributed by atoms with Gasteiger partial charge in [0.2, 0.25) is 5.82 Å². The van der Waals surface area contributed by atoms with Crippen LogP contribution in [0.5, 0.6) is 0 Å². The van der Waals surface area contributed by atoms with Gasteiger partial charge in [0.1, 0.15) is 6.04 Å². The Morgan fingerprint density at radius 3 is 2.27 bits per heavy atom. The third kappa shape index (κ3) is 5.03. The fourth-order valence-electron chi connectivity index (χ4n) is 3.40. The van der Waals surface area contributed by atoms with Crippen LogP contribution >= 0.6 is 0 Å². The summed E-state index contributed by atoms with van der Waals surface area (Å²) in [7, 11) is 0. The normalized spacial score (nSPS) is 13.6. The predicted molar refractivity (Wildman–Crippen MR) is 113 cm³/mol. The largest absolute Gasteiger partial charge is 0.454 e. The summed E-state index contributed by atoms with van der Waals surface area (Å²) < 4.78 is 18.5. The fourth-order valence-corrected chi connectivity index (χ4v) is 3.40. The Kier molecular flexibility index (Phi) is 6.80. The zero-order valence-corrected chi connectivity index (χ0v) is 17.7. The highest BCUT2D eigenvalue weighted by atomic mass is 19.1. The van der Waals surface area contributed by atoms with Crippen LogP contribution in [0, 0.1) is 21.8 Å². The maximum Gasteiger partial charge on any atom is 0.329 e. The first kappa shape index (κ1) is 23.5. The van der Waals surface area contributed by atoms with Crippen LogP contribution in [0.25, 0.3) is 0 Å². The summed E-state index contributed by atoms with van der Waals surface area (Å²) in [6.45, 7) is 2.82. The van der Waals surface area contributed by atoms with Crippen LogP contribution < -0.4 is 5.32 Å². The molecule has 33 heavy (non-hydrogen) atoms. The fraction of sp³-hybridized carbons (Fsp3) is 0.273. The molecule has 2 aromatic rings. The van der Waals surface area contributed by atoms with Crippen molar-refractivity contribution < 1.29 is 33.2 Å². The van der Waals surface area contributed by atoms with Gasteiger partial charge < -0.3 is 10.1 Å². The number of nitrogens with zero attached hydrogens (tertiary/aromatic N) is 2. The maximum absolute atomic E-state index is 13.4. The van der Waals surface area contributed by atoms with Crippen LogP contribution in [0.4, 0.5) is 15.8 Å². The van der Waals surface area contributed by atoms with E-state index in [1.807, 2.05) is 0 Å². The molecule has 0 aromatic heterocycles. The number of hydrogen-bond donors (Lipinski definition) is 1. The van der Waals surface area contributed by atoms with Gasteiger partial charge in [-0.25, -0.2) is 4.79 Å². The third-order valence-corrected chi connectivity index (χ3v) is 4.88. The van der Waals surface area contributed by atoms with E-state index in [-0.39, 0.29) is 29.2 Å². The van der Waals surface area contributed by atoms with E-state index >= 15 is 0 Å². The molecule has 0 saturated heterocycles. The number of nitrogens with one attached hydrogen (secondary N) is 1. The van der Waals surface area contributed by atoms with Crippen molar-refractivity contribution in [2.75, 3.05) is 11.9 Å². The van der Waals surface area contributed by atoms with Gasteiger partial charge in [0.25, 0.3) is 17.7 Å². The van der Waals surface area contributed by atoms with E-state index in [1.54, 1.807) is 26.0 Å². The highest BCUT2D eigenvalue weighted by Gasteiger charge is 2.43. The number of ether oxygens (including phenoxy) is 1. The first-order chi connectivity index (χ1) is 15.6. The van der Waals surface area contributed by atoms with Crippen molar-refractivity contribution in [2.45, 2.75) is 26.3 Å². The lowest BCUT2D eigenvalue weighted by Gasteiger charge is -2.25. The van der Waals surface area contributed by atoms with Gasteiger partial charge in [-0.2, -0.15) is 4.39 Å². The van der Waals surface area contributed by atoms with Crippen molar-refractivity contribution in [2.24, 2.45) is 5.92 Å². The van der Waals surface area contributed by atoms with Crippen LogP contribution in [0.2, 0.25) is 0 Å². The minimum absolute atomic E-state index is 0.0665. The average Bonchev–Trinajstić information content (AvgIpc) is 3.02. The van der Waals surface area contributed by atoms with Crippen LogP contribution in [-0.2, 0) is 14.3 Å². The Hall–Kier alpha value is -4.15. The SMILES string of the molecule is CC(C)CC(C(=O)OCC(=O)Nc1ccc(F)c([N+](=O)[O-])c1)N1C(=O)c2ccccc2C1=O. The summed E-state index contributed by atoms with van der Waals surface area (Å²) in [6, 6.07) is 7.71. The number of esters is 1. The molecule has 0 bridgehead atoms. The molecule has 0 saturated carbocycles. The number of benzene rings is 2. The van der Waals surface area contributed by atoms with E-state index in [4.69, 9.17) is 4.74 Å². The molecule has 1 aliphatic rings. The number of nitro benzene ring substituents is 1. The molecule has 1 heterocycles. The van der Waals surface area contributed by atoms with Gasteiger partial charge in [0.15, 0.2) is 6.61 Å². The highest BCUT2D eigenvalue weighted by Crippen LogP contribution is 2.27. The van der Waals surface area contributed by atoms with Gasteiger partial charge >= 0.3 is 11.7 Å². The van der Waals surface area contributed by atoms with Crippen molar-refractivity contribution in [1.29, 1.82) is 0 Å². The second-order valence-corrected chi connectivity index (χ2v) is 7.75. The molecule has 1 atom stereocenters. The summed E-state index contributed by atoms with van der Waals surface area (Å²) in [5.74, 6) is -4.18. The molecule has 0 spiro atoms. The van der Waals surface area contributed by atoms with Gasteiger partial charge in [-0.15, -0.1) is 0 Å². The molecule has 3 rings (SSSR count). The molecule has 2 aromatic carbocycles. The Morgan fingerprint density at radius 1 is 1.12 bits per heavy atom. The monoisotopic (exact) mass is 457 g/mol. The molecule has 11 heteroatoms. The Labute approximate surface area is 187 Å². The number of amides is 3.